The number of halogens is 3. The Labute approximate surface area is 185 Å². The van der Waals surface area contributed by atoms with Crippen molar-refractivity contribution in [2.24, 2.45) is 0 Å². The Morgan fingerprint density at radius 2 is 1.69 bits per heavy atom. The predicted molar refractivity (Wildman–Crippen MR) is 115 cm³/mol. The Morgan fingerprint density at radius 1 is 1.03 bits per heavy atom. The van der Waals surface area contributed by atoms with Crippen LogP contribution in [-0.2, 0) is 37.1 Å². The maximum atomic E-state index is 10.6. The smallest absolute Gasteiger partial charge is 0.475 e. The average Bonchev–Trinajstić information content (AvgIpc) is 3.21. The first kappa shape index (κ1) is 24.2. The van der Waals surface area contributed by atoms with Crippen molar-refractivity contribution in [1.82, 2.24) is 10.2 Å². The number of nitrogens with one attached hydrogen (secondary N) is 1. The molecule has 2 aromatic carbocycles. The minimum Gasteiger partial charge on any atom is -0.475 e. The van der Waals surface area contributed by atoms with Crippen molar-refractivity contribution in [1.29, 1.82) is 0 Å². The molecule has 5 nitrogen and oxygen atoms in total. The summed E-state index contributed by atoms with van der Waals surface area (Å²) in [6.45, 7) is 4.23. The first-order chi connectivity index (χ1) is 15.2. The van der Waals surface area contributed by atoms with E-state index in [9.17, 15) is 18.3 Å². The molecule has 0 unspecified atom stereocenters. The maximum Gasteiger partial charge on any atom is 0.490 e. The number of hydrogen-bond acceptors (Lipinski definition) is 4. The largest absolute Gasteiger partial charge is 0.490 e. The van der Waals surface area contributed by atoms with E-state index >= 15 is 0 Å². The normalized spacial score (nSPS) is 16.5. The van der Waals surface area contributed by atoms with Crippen LogP contribution in [0.15, 0.2) is 42.5 Å². The summed E-state index contributed by atoms with van der Waals surface area (Å²) in [5.74, 6) is -2.76. The van der Waals surface area contributed by atoms with Gasteiger partial charge in [-0.15, -0.1) is 0 Å². The van der Waals surface area contributed by atoms with Crippen molar-refractivity contribution in [3.05, 3.63) is 70.3 Å². The monoisotopic (exact) mass is 450 g/mol. The fourth-order valence-electron chi connectivity index (χ4n) is 4.19. The Bertz CT molecular complexity index is 918. The molecule has 32 heavy (non-hydrogen) atoms. The van der Waals surface area contributed by atoms with Crippen LogP contribution >= 0.6 is 0 Å². The van der Waals surface area contributed by atoms with Crippen LogP contribution in [0.3, 0.4) is 0 Å². The number of benzene rings is 2. The summed E-state index contributed by atoms with van der Waals surface area (Å²) in [5.41, 5.74) is 7.25. The number of carboxylic acid groups (broad SMARTS) is 1. The van der Waals surface area contributed by atoms with Crippen molar-refractivity contribution >= 4 is 5.97 Å². The van der Waals surface area contributed by atoms with Crippen LogP contribution in [0, 0.1) is 0 Å². The Balaban J connectivity index is 0.000000360. The van der Waals surface area contributed by atoms with Crippen LogP contribution in [0.25, 0.3) is 0 Å². The van der Waals surface area contributed by atoms with Gasteiger partial charge in [0.25, 0.3) is 0 Å². The second-order valence-electron chi connectivity index (χ2n) is 8.30. The number of aliphatic carboxylic acids is 1. The molecular formula is C24H29F3N2O3. The van der Waals surface area contributed by atoms with Crippen LogP contribution in [0.1, 0.15) is 34.2 Å². The zero-order valence-electron chi connectivity index (χ0n) is 17.9. The van der Waals surface area contributed by atoms with Gasteiger partial charge in [0, 0.05) is 32.7 Å². The van der Waals surface area contributed by atoms with E-state index in [0.29, 0.717) is 6.54 Å². The van der Waals surface area contributed by atoms with Crippen molar-refractivity contribution in [3.8, 4) is 0 Å². The lowest BCUT2D eigenvalue weighted by molar-refractivity contribution is -0.192. The van der Waals surface area contributed by atoms with Gasteiger partial charge in [0.1, 0.15) is 0 Å². The minimum atomic E-state index is -5.08. The molecule has 2 aliphatic rings. The number of β-amino-alcohol motifs (C(OH)–C–C–N with tert-alkyl or cyclic N) is 1. The molecule has 0 radical (unpaired) electrons. The molecule has 0 bridgehead atoms. The van der Waals surface area contributed by atoms with Gasteiger partial charge in [-0.25, -0.2) is 4.79 Å². The van der Waals surface area contributed by atoms with E-state index in [-0.39, 0.29) is 6.10 Å². The first-order valence-electron chi connectivity index (χ1n) is 10.8. The molecular weight excluding hydrogens is 421 g/mol. The van der Waals surface area contributed by atoms with Crippen LogP contribution in [0.2, 0.25) is 0 Å². The fraction of sp³-hybridized carbons (Fsp3) is 0.458. The van der Waals surface area contributed by atoms with Crippen molar-refractivity contribution < 1.29 is 28.2 Å². The number of fused-ring (bicyclic) bond motifs is 2. The summed E-state index contributed by atoms with van der Waals surface area (Å²) >= 11 is 0. The number of aliphatic hydroxyl groups excluding tert-OH is 1. The number of carboxylic acids is 1. The Hall–Kier alpha value is -2.42. The number of aryl methyl sites for hydroxylation is 2. The molecule has 8 heteroatoms. The standard InChI is InChI=1S/C22H28N2O.C2HF3O2/c25-22(16-24-11-10-19-4-1-2-5-21(19)15-24)14-23-13-17-8-9-18-6-3-7-20(18)12-17;3-2(4,5)1(6)7/h1-2,4-5,8-9,12,22-23,25H,3,6-7,10-11,13-16H2;(H,6,7)/t22-;/m1./s1. The molecule has 2 aromatic rings. The molecule has 0 amide bonds. The van der Waals surface area contributed by atoms with Gasteiger partial charge in [0.05, 0.1) is 6.10 Å². The third-order valence-corrected chi connectivity index (χ3v) is 5.79. The summed E-state index contributed by atoms with van der Waals surface area (Å²) in [6, 6.07) is 15.5. The molecule has 0 spiro atoms. The molecule has 0 aromatic heterocycles. The topological polar surface area (TPSA) is 72.8 Å². The second kappa shape index (κ2) is 10.9. The lowest BCUT2D eigenvalue weighted by atomic mass is 10.00. The van der Waals surface area contributed by atoms with E-state index in [1.165, 1.54) is 47.1 Å². The summed E-state index contributed by atoms with van der Waals surface area (Å²) in [7, 11) is 0. The summed E-state index contributed by atoms with van der Waals surface area (Å²) in [4.78, 5) is 11.3. The third-order valence-electron chi connectivity index (χ3n) is 5.79. The van der Waals surface area contributed by atoms with E-state index in [4.69, 9.17) is 9.90 Å². The summed E-state index contributed by atoms with van der Waals surface area (Å²) in [6.07, 6.45) is -0.558. The predicted octanol–water partition coefficient (Wildman–Crippen LogP) is 3.32. The maximum absolute atomic E-state index is 10.6. The van der Waals surface area contributed by atoms with Crippen LogP contribution in [0.4, 0.5) is 13.2 Å². The zero-order valence-corrected chi connectivity index (χ0v) is 17.9. The van der Waals surface area contributed by atoms with Gasteiger partial charge in [0.15, 0.2) is 0 Å². The highest BCUT2D eigenvalue weighted by molar-refractivity contribution is 5.73. The minimum absolute atomic E-state index is 0.320. The molecule has 4 rings (SSSR count). The van der Waals surface area contributed by atoms with Gasteiger partial charge in [0.2, 0.25) is 0 Å². The van der Waals surface area contributed by atoms with E-state index < -0.39 is 12.1 Å². The van der Waals surface area contributed by atoms with Gasteiger partial charge in [-0.05, 0) is 53.5 Å². The van der Waals surface area contributed by atoms with E-state index in [1.54, 1.807) is 0 Å². The molecule has 1 heterocycles. The van der Waals surface area contributed by atoms with Crippen molar-refractivity contribution in [2.45, 2.75) is 51.1 Å². The van der Waals surface area contributed by atoms with Crippen LogP contribution < -0.4 is 5.32 Å². The number of rotatable bonds is 6. The van der Waals surface area contributed by atoms with Crippen LogP contribution in [0.5, 0.6) is 0 Å². The van der Waals surface area contributed by atoms with Gasteiger partial charge in [-0.2, -0.15) is 13.2 Å². The highest BCUT2D eigenvalue weighted by Crippen LogP contribution is 2.23. The van der Waals surface area contributed by atoms with E-state index in [2.05, 4.69) is 52.7 Å². The van der Waals surface area contributed by atoms with Gasteiger partial charge in [-0.3, -0.25) is 4.90 Å². The van der Waals surface area contributed by atoms with Gasteiger partial charge < -0.3 is 15.5 Å². The first-order valence-corrected chi connectivity index (χ1v) is 10.8. The lowest BCUT2D eigenvalue weighted by Crippen LogP contribution is -2.40. The molecule has 174 valence electrons. The molecule has 0 saturated carbocycles. The lowest BCUT2D eigenvalue weighted by Gasteiger charge is -2.30. The van der Waals surface area contributed by atoms with Gasteiger partial charge >= 0.3 is 12.1 Å². The summed E-state index contributed by atoms with van der Waals surface area (Å²) < 4.78 is 31.7. The third kappa shape index (κ3) is 7.05. The van der Waals surface area contributed by atoms with E-state index in [1.807, 2.05) is 0 Å². The highest BCUT2D eigenvalue weighted by Gasteiger charge is 2.38. The quantitative estimate of drug-likeness (QED) is 0.630. The molecule has 1 aliphatic heterocycles. The fourth-order valence-corrected chi connectivity index (χ4v) is 4.19. The molecule has 0 fully saturated rings. The second-order valence-corrected chi connectivity index (χ2v) is 8.30. The molecule has 0 saturated heterocycles. The molecule has 1 aliphatic carbocycles. The van der Waals surface area contributed by atoms with Gasteiger partial charge in [-0.1, -0.05) is 42.5 Å². The summed E-state index contributed by atoms with van der Waals surface area (Å²) in [5, 5.41) is 20.9. The van der Waals surface area contributed by atoms with Crippen LogP contribution in [-0.4, -0.2) is 53.0 Å². The number of alkyl halides is 3. The highest BCUT2D eigenvalue weighted by atomic mass is 19.4. The SMILES string of the molecule is O=C(O)C(F)(F)F.O[C@H](CNCc1ccc2c(c1)CCC2)CN1CCc2ccccc2C1. The Morgan fingerprint density at radius 3 is 2.41 bits per heavy atom. The zero-order chi connectivity index (χ0) is 23.1. The number of aliphatic hydroxyl groups is 1. The number of nitrogens with zero attached hydrogens (tertiary/aromatic N) is 1. The van der Waals surface area contributed by atoms with Crippen molar-refractivity contribution in [3.63, 3.8) is 0 Å². The molecule has 3 N–H and O–H groups in total. The number of hydrogen-bond donors (Lipinski definition) is 3. The van der Waals surface area contributed by atoms with Crippen molar-refractivity contribution in [2.75, 3.05) is 19.6 Å². The Kier molecular flexibility index (Phi) is 8.28. The van der Waals surface area contributed by atoms with E-state index in [0.717, 1.165) is 32.6 Å². The number of carbonyl (C=O) groups is 1. The molecule has 1 atom stereocenters. The average molecular weight is 451 g/mol.